The summed E-state index contributed by atoms with van der Waals surface area (Å²) in [5.74, 6) is -1.34. The molecule has 1 aliphatic rings. The van der Waals surface area contributed by atoms with Crippen molar-refractivity contribution in [3.05, 3.63) is 0 Å². The molecule has 1 heterocycles. The van der Waals surface area contributed by atoms with Crippen molar-refractivity contribution in [2.45, 2.75) is 19.4 Å². The zero-order valence-corrected chi connectivity index (χ0v) is 8.15. The van der Waals surface area contributed by atoms with Crippen molar-refractivity contribution in [3.63, 3.8) is 0 Å². The number of Topliss-reactive ketones (excluding diaryl/α,β-unsaturated/α-hetero) is 1. The minimum absolute atomic E-state index is 0.0405. The molecule has 1 atom stereocenters. The Hall–Kier alpha value is -0.940. The van der Waals surface area contributed by atoms with E-state index in [9.17, 15) is 9.59 Å². The summed E-state index contributed by atoms with van der Waals surface area (Å²) < 4.78 is 14.9. The second-order valence-electron chi connectivity index (χ2n) is 2.92. The van der Waals surface area contributed by atoms with E-state index in [0.717, 1.165) is 0 Å². The maximum absolute atomic E-state index is 11.2. The van der Waals surface area contributed by atoms with Gasteiger partial charge in [0.2, 0.25) is 5.78 Å². The van der Waals surface area contributed by atoms with Gasteiger partial charge < -0.3 is 14.2 Å². The number of esters is 1. The first-order valence-electron chi connectivity index (χ1n) is 4.63. The number of carbonyl (C=O) groups excluding carboxylic acids is 2. The van der Waals surface area contributed by atoms with Crippen LogP contribution in [0.15, 0.2) is 0 Å². The van der Waals surface area contributed by atoms with Crippen molar-refractivity contribution in [1.82, 2.24) is 0 Å². The lowest BCUT2D eigenvalue weighted by Gasteiger charge is -2.21. The van der Waals surface area contributed by atoms with Crippen LogP contribution in [0.2, 0.25) is 0 Å². The van der Waals surface area contributed by atoms with Gasteiger partial charge >= 0.3 is 5.97 Å². The standard InChI is InChI=1S/C9H14O5/c1-2-13-9(11)8(10)5-7-6-12-3-4-14-7/h7H,2-6H2,1H3. The van der Waals surface area contributed by atoms with E-state index in [2.05, 4.69) is 4.74 Å². The molecule has 0 aromatic carbocycles. The Morgan fingerprint density at radius 3 is 2.79 bits per heavy atom. The van der Waals surface area contributed by atoms with Crippen LogP contribution < -0.4 is 0 Å². The molecule has 14 heavy (non-hydrogen) atoms. The molecule has 1 fully saturated rings. The molecular formula is C9H14O5. The van der Waals surface area contributed by atoms with Crippen molar-refractivity contribution < 1.29 is 23.8 Å². The first-order valence-corrected chi connectivity index (χ1v) is 4.63. The van der Waals surface area contributed by atoms with E-state index < -0.39 is 11.8 Å². The average Bonchev–Trinajstić information content (AvgIpc) is 2.19. The van der Waals surface area contributed by atoms with Gasteiger partial charge in [-0.1, -0.05) is 0 Å². The quantitative estimate of drug-likeness (QED) is 0.471. The predicted molar refractivity (Wildman–Crippen MR) is 46.8 cm³/mol. The Kier molecular flexibility index (Phi) is 4.55. The molecule has 1 aliphatic heterocycles. The van der Waals surface area contributed by atoms with Crippen molar-refractivity contribution in [2.75, 3.05) is 26.4 Å². The van der Waals surface area contributed by atoms with Crippen LogP contribution in [-0.4, -0.2) is 44.3 Å². The third-order valence-corrected chi connectivity index (χ3v) is 1.80. The molecule has 0 aromatic heterocycles. The minimum Gasteiger partial charge on any atom is -0.460 e. The zero-order valence-electron chi connectivity index (χ0n) is 8.15. The third kappa shape index (κ3) is 3.43. The lowest BCUT2D eigenvalue weighted by atomic mass is 10.2. The maximum Gasteiger partial charge on any atom is 0.374 e. The summed E-state index contributed by atoms with van der Waals surface area (Å²) in [6.45, 7) is 3.26. The van der Waals surface area contributed by atoms with Gasteiger partial charge in [-0.3, -0.25) is 4.79 Å². The van der Waals surface area contributed by atoms with Gasteiger partial charge in [0, 0.05) is 6.42 Å². The van der Waals surface area contributed by atoms with Gasteiger partial charge in [-0.15, -0.1) is 0 Å². The molecule has 5 heteroatoms. The Bertz CT molecular complexity index is 207. The summed E-state index contributed by atoms with van der Waals surface area (Å²) in [7, 11) is 0. The highest BCUT2D eigenvalue weighted by atomic mass is 16.6. The lowest BCUT2D eigenvalue weighted by molar-refractivity contribution is -0.156. The second-order valence-corrected chi connectivity index (χ2v) is 2.92. The molecule has 5 nitrogen and oxygen atoms in total. The zero-order chi connectivity index (χ0) is 10.4. The molecule has 0 aliphatic carbocycles. The fourth-order valence-corrected chi connectivity index (χ4v) is 1.16. The van der Waals surface area contributed by atoms with Gasteiger partial charge in [0.1, 0.15) is 0 Å². The molecule has 1 unspecified atom stereocenters. The van der Waals surface area contributed by atoms with Crippen LogP contribution in [0.4, 0.5) is 0 Å². The van der Waals surface area contributed by atoms with Crippen molar-refractivity contribution in [1.29, 1.82) is 0 Å². The summed E-state index contributed by atoms with van der Waals surface area (Å²) in [6.07, 6.45) is -0.264. The highest BCUT2D eigenvalue weighted by Crippen LogP contribution is 2.06. The molecule has 1 saturated heterocycles. The van der Waals surface area contributed by atoms with E-state index in [1.54, 1.807) is 6.92 Å². The second kappa shape index (κ2) is 5.72. The molecule has 0 spiro atoms. The van der Waals surface area contributed by atoms with Crippen LogP contribution in [0.5, 0.6) is 0 Å². The van der Waals surface area contributed by atoms with Crippen LogP contribution in [0.3, 0.4) is 0 Å². The monoisotopic (exact) mass is 202 g/mol. The molecule has 0 amide bonds. The van der Waals surface area contributed by atoms with Crippen LogP contribution in [-0.2, 0) is 23.8 Å². The van der Waals surface area contributed by atoms with E-state index in [1.807, 2.05) is 0 Å². The highest BCUT2D eigenvalue weighted by Gasteiger charge is 2.23. The van der Waals surface area contributed by atoms with E-state index in [-0.39, 0.29) is 19.1 Å². The summed E-state index contributed by atoms with van der Waals surface area (Å²) in [6, 6.07) is 0. The Morgan fingerprint density at radius 1 is 1.43 bits per heavy atom. The van der Waals surface area contributed by atoms with Crippen LogP contribution >= 0.6 is 0 Å². The number of carbonyl (C=O) groups is 2. The topological polar surface area (TPSA) is 61.8 Å². The number of hydrogen-bond donors (Lipinski definition) is 0. The van der Waals surface area contributed by atoms with Crippen molar-refractivity contribution >= 4 is 11.8 Å². The van der Waals surface area contributed by atoms with E-state index >= 15 is 0 Å². The van der Waals surface area contributed by atoms with Crippen molar-refractivity contribution in [2.24, 2.45) is 0 Å². The normalized spacial score (nSPS) is 21.6. The van der Waals surface area contributed by atoms with Crippen LogP contribution in [0, 0.1) is 0 Å². The molecule has 0 saturated carbocycles. The fourth-order valence-electron chi connectivity index (χ4n) is 1.16. The molecule has 0 bridgehead atoms. The molecule has 0 aromatic rings. The van der Waals surface area contributed by atoms with E-state index in [4.69, 9.17) is 9.47 Å². The summed E-state index contributed by atoms with van der Waals surface area (Å²) in [5, 5.41) is 0. The van der Waals surface area contributed by atoms with Gasteiger partial charge in [-0.05, 0) is 6.92 Å². The Morgan fingerprint density at radius 2 is 2.21 bits per heavy atom. The van der Waals surface area contributed by atoms with Crippen molar-refractivity contribution in [3.8, 4) is 0 Å². The Balaban J connectivity index is 2.28. The predicted octanol–water partition coefficient (Wildman–Crippen LogP) is -0.0759. The van der Waals surface area contributed by atoms with Gasteiger partial charge in [-0.25, -0.2) is 4.79 Å². The fraction of sp³-hybridized carbons (Fsp3) is 0.778. The molecule has 1 rings (SSSR count). The SMILES string of the molecule is CCOC(=O)C(=O)CC1COCCO1. The van der Waals surface area contributed by atoms with Crippen LogP contribution in [0.25, 0.3) is 0 Å². The largest absolute Gasteiger partial charge is 0.460 e. The summed E-state index contributed by atoms with van der Waals surface area (Å²) >= 11 is 0. The van der Waals surface area contributed by atoms with Gasteiger partial charge in [0.15, 0.2) is 0 Å². The van der Waals surface area contributed by atoms with Gasteiger partial charge in [0.25, 0.3) is 0 Å². The maximum atomic E-state index is 11.2. The number of hydrogen-bond acceptors (Lipinski definition) is 5. The Labute approximate surface area is 82.3 Å². The van der Waals surface area contributed by atoms with Gasteiger partial charge in [-0.2, -0.15) is 0 Å². The molecular weight excluding hydrogens is 188 g/mol. The summed E-state index contributed by atoms with van der Waals surface area (Å²) in [5.41, 5.74) is 0. The molecule has 0 radical (unpaired) electrons. The average molecular weight is 202 g/mol. The molecule has 80 valence electrons. The minimum atomic E-state index is -0.790. The van der Waals surface area contributed by atoms with E-state index in [0.29, 0.717) is 19.8 Å². The highest BCUT2D eigenvalue weighted by molar-refractivity contribution is 6.33. The lowest BCUT2D eigenvalue weighted by Crippen LogP contribution is -2.33. The smallest absolute Gasteiger partial charge is 0.374 e. The number of ketones is 1. The van der Waals surface area contributed by atoms with E-state index in [1.165, 1.54) is 0 Å². The molecule has 0 N–H and O–H groups in total. The first kappa shape index (κ1) is 11.1. The first-order chi connectivity index (χ1) is 6.74. The van der Waals surface area contributed by atoms with Crippen LogP contribution in [0.1, 0.15) is 13.3 Å². The van der Waals surface area contributed by atoms with Gasteiger partial charge in [0.05, 0.1) is 32.5 Å². The number of ether oxygens (including phenoxy) is 3. The number of rotatable bonds is 4. The summed E-state index contributed by atoms with van der Waals surface area (Å²) in [4.78, 5) is 22.1. The third-order valence-electron chi connectivity index (χ3n) is 1.80.